The lowest BCUT2D eigenvalue weighted by Gasteiger charge is -2.31. The molecule has 1 fully saturated rings. The number of methoxy groups -OCH3 is 1. The average molecular weight is 487 g/mol. The Labute approximate surface area is 201 Å². The summed E-state index contributed by atoms with van der Waals surface area (Å²) in [5.41, 5.74) is 0.197. The molecule has 1 amide bonds. The molecule has 0 unspecified atom stereocenters. The number of amides is 1. The lowest BCUT2D eigenvalue weighted by atomic mass is 10.1. The number of carbonyl (C=O) groups excluding carboxylic acids is 1. The highest BCUT2D eigenvalue weighted by molar-refractivity contribution is 6.02. The Bertz CT molecular complexity index is 1280. The van der Waals surface area contributed by atoms with Gasteiger partial charge in [0.05, 0.1) is 25.3 Å². The molecule has 4 rings (SSSR count). The zero-order chi connectivity index (χ0) is 25.1. The van der Waals surface area contributed by atoms with E-state index < -0.39 is 23.3 Å². The minimum Gasteiger partial charge on any atom is -0.481 e. The molecule has 8 nitrogen and oxygen atoms in total. The summed E-state index contributed by atoms with van der Waals surface area (Å²) in [4.78, 5) is 32.9. The van der Waals surface area contributed by atoms with E-state index in [-0.39, 0.29) is 41.0 Å². The molecule has 0 radical (unpaired) electrons. The van der Waals surface area contributed by atoms with Crippen molar-refractivity contribution in [3.63, 3.8) is 0 Å². The number of benzene rings is 1. The van der Waals surface area contributed by atoms with E-state index >= 15 is 0 Å². The third kappa shape index (κ3) is 5.06. The molecule has 0 spiro atoms. The number of fused-ring (bicyclic) bond motifs is 1. The third-order valence-corrected chi connectivity index (χ3v) is 5.89. The number of pyridine rings is 2. The predicted octanol–water partition coefficient (Wildman–Crippen LogP) is 4.68. The van der Waals surface area contributed by atoms with Gasteiger partial charge in [-0.25, -0.2) is 18.6 Å². The maximum Gasteiger partial charge on any atom is 0.412 e. The fraction of sp³-hybridized carbons (Fsp3) is 0.400. The first kappa shape index (κ1) is 24.4. The number of nitrogens with one attached hydrogen (secondary N) is 1. The number of nitrogens with zero attached hydrogens (tertiary/aromatic N) is 3. The van der Waals surface area contributed by atoms with E-state index in [1.807, 2.05) is 4.90 Å². The van der Waals surface area contributed by atoms with E-state index in [4.69, 9.17) is 9.47 Å². The molecule has 1 aliphatic heterocycles. The minimum absolute atomic E-state index is 0.182. The van der Waals surface area contributed by atoms with Crippen LogP contribution in [0.5, 0.6) is 5.88 Å². The van der Waals surface area contributed by atoms with Crippen LogP contribution < -0.4 is 20.5 Å². The predicted molar refractivity (Wildman–Crippen MR) is 129 cm³/mol. The van der Waals surface area contributed by atoms with Crippen LogP contribution in [-0.4, -0.2) is 41.9 Å². The Kier molecular flexibility index (Phi) is 7.18. The van der Waals surface area contributed by atoms with Crippen LogP contribution in [-0.2, 0) is 11.3 Å². The summed E-state index contributed by atoms with van der Waals surface area (Å²) in [5, 5.41) is 2.71. The Morgan fingerprint density at radius 2 is 1.80 bits per heavy atom. The van der Waals surface area contributed by atoms with E-state index in [1.54, 1.807) is 26.0 Å². The van der Waals surface area contributed by atoms with Crippen LogP contribution in [0, 0.1) is 11.6 Å². The maximum absolute atomic E-state index is 14.5. The van der Waals surface area contributed by atoms with Crippen molar-refractivity contribution in [2.75, 3.05) is 30.4 Å². The van der Waals surface area contributed by atoms with Crippen LogP contribution in [0.4, 0.5) is 25.0 Å². The quantitative estimate of drug-likeness (QED) is 0.545. The van der Waals surface area contributed by atoms with Crippen molar-refractivity contribution in [1.29, 1.82) is 0 Å². The highest BCUT2D eigenvalue weighted by Gasteiger charge is 2.27. The molecule has 2 aromatic heterocycles. The van der Waals surface area contributed by atoms with E-state index in [0.717, 1.165) is 31.4 Å². The Hall–Kier alpha value is -3.69. The van der Waals surface area contributed by atoms with E-state index in [2.05, 4.69) is 10.3 Å². The lowest BCUT2D eigenvalue weighted by Crippen LogP contribution is -2.38. The van der Waals surface area contributed by atoms with Gasteiger partial charge in [-0.15, -0.1) is 0 Å². The van der Waals surface area contributed by atoms with Gasteiger partial charge in [-0.05, 0) is 51.3 Å². The van der Waals surface area contributed by atoms with Gasteiger partial charge < -0.3 is 18.9 Å². The molecule has 3 aromatic rings. The molecule has 0 aliphatic carbocycles. The molecule has 35 heavy (non-hydrogen) atoms. The van der Waals surface area contributed by atoms with Crippen molar-refractivity contribution in [3.8, 4) is 5.88 Å². The molecule has 1 saturated heterocycles. The van der Waals surface area contributed by atoms with Gasteiger partial charge in [-0.1, -0.05) is 6.07 Å². The number of ether oxygens (including phenoxy) is 2. The molecule has 10 heteroatoms. The number of anilines is 2. The van der Waals surface area contributed by atoms with Gasteiger partial charge in [-0.3, -0.25) is 10.1 Å². The topological polar surface area (TPSA) is 85.7 Å². The standard InChI is InChI=1S/C25H28F2N4O4/c1-15(2)35-25(33)29-22-21-19(10-11-20(28-21)34-3)31(14-16-17(26)8-7-9-18(16)27)24(32)23(22)30-12-5-4-6-13-30/h7-11,15H,4-6,12-14H2,1-3H3,(H,29,33). The summed E-state index contributed by atoms with van der Waals surface area (Å²) in [6, 6.07) is 6.70. The summed E-state index contributed by atoms with van der Waals surface area (Å²) in [6.45, 7) is 4.26. The number of piperidine rings is 1. The monoisotopic (exact) mass is 486 g/mol. The van der Waals surface area contributed by atoms with Crippen LogP contribution >= 0.6 is 0 Å². The van der Waals surface area contributed by atoms with Crippen molar-refractivity contribution >= 4 is 28.5 Å². The first-order chi connectivity index (χ1) is 16.8. The number of hydrogen-bond acceptors (Lipinski definition) is 6. The smallest absolute Gasteiger partial charge is 0.412 e. The molecule has 0 atom stereocenters. The maximum atomic E-state index is 14.5. The van der Waals surface area contributed by atoms with Gasteiger partial charge in [0.1, 0.15) is 28.5 Å². The molecule has 1 aromatic carbocycles. The summed E-state index contributed by atoms with van der Waals surface area (Å²) in [6.07, 6.45) is 1.62. The Balaban J connectivity index is 1.99. The number of hydrogen-bond donors (Lipinski definition) is 1. The fourth-order valence-corrected chi connectivity index (χ4v) is 4.28. The van der Waals surface area contributed by atoms with E-state index in [9.17, 15) is 18.4 Å². The van der Waals surface area contributed by atoms with Crippen molar-refractivity contribution in [3.05, 3.63) is 57.9 Å². The van der Waals surface area contributed by atoms with Gasteiger partial charge in [0.2, 0.25) is 5.88 Å². The number of aromatic nitrogens is 2. The van der Waals surface area contributed by atoms with Gasteiger partial charge >= 0.3 is 6.09 Å². The second kappa shape index (κ2) is 10.3. The molecular formula is C25H28F2N4O4. The first-order valence-electron chi connectivity index (χ1n) is 11.6. The molecule has 1 N–H and O–H groups in total. The van der Waals surface area contributed by atoms with Crippen LogP contribution in [0.1, 0.15) is 38.7 Å². The largest absolute Gasteiger partial charge is 0.481 e. The Morgan fingerprint density at radius 1 is 1.11 bits per heavy atom. The molecule has 3 heterocycles. The second-order valence-corrected chi connectivity index (χ2v) is 8.66. The van der Waals surface area contributed by atoms with Crippen LogP contribution in [0.25, 0.3) is 11.0 Å². The zero-order valence-electron chi connectivity index (χ0n) is 19.9. The normalized spacial score (nSPS) is 13.8. The summed E-state index contributed by atoms with van der Waals surface area (Å²) in [5.74, 6) is -1.26. The highest BCUT2D eigenvalue weighted by Crippen LogP contribution is 2.33. The molecule has 186 valence electrons. The number of rotatable bonds is 6. The van der Waals surface area contributed by atoms with Crippen molar-refractivity contribution in [1.82, 2.24) is 9.55 Å². The summed E-state index contributed by atoms with van der Waals surface area (Å²) >= 11 is 0. The third-order valence-electron chi connectivity index (χ3n) is 5.89. The minimum atomic E-state index is -0.756. The molecule has 1 aliphatic rings. The number of halogens is 2. The fourth-order valence-electron chi connectivity index (χ4n) is 4.28. The van der Waals surface area contributed by atoms with E-state index in [1.165, 1.54) is 17.7 Å². The molecule has 0 saturated carbocycles. The van der Waals surface area contributed by atoms with Crippen molar-refractivity contribution in [2.45, 2.75) is 45.8 Å². The molecule has 0 bridgehead atoms. The van der Waals surface area contributed by atoms with Crippen LogP contribution in [0.3, 0.4) is 0 Å². The van der Waals surface area contributed by atoms with Gasteiger partial charge in [0.15, 0.2) is 0 Å². The van der Waals surface area contributed by atoms with E-state index in [0.29, 0.717) is 18.6 Å². The second-order valence-electron chi connectivity index (χ2n) is 8.66. The van der Waals surface area contributed by atoms with Gasteiger partial charge in [-0.2, -0.15) is 0 Å². The zero-order valence-corrected chi connectivity index (χ0v) is 19.9. The van der Waals surface area contributed by atoms with Crippen LogP contribution in [0.2, 0.25) is 0 Å². The SMILES string of the molecule is COc1ccc2c(n1)c(NC(=O)OC(C)C)c(N1CCCCC1)c(=O)n2Cc1c(F)cccc1F. The van der Waals surface area contributed by atoms with Crippen molar-refractivity contribution < 1.29 is 23.0 Å². The highest BCUT2D eigenvalue weighted by atomic mass is 19.1. The average Bonchev–Trinajstić information content (AvgIpc) is 2.83. The summed E-state index contributed by atoms with van der Waals surface area (Å²) < 4.78 is 40.9. The Morgan fingerprint density at radius 3 is 2.43 bits per heavy atom. The first-order valence-corrected chi connectivity index (χ1v) is 11.6. The van der Waals surface area contributed by atoms with Crippen LogP contribution in [0.15, 0.2) is 35.1 Å². The summed E-state index contributed by atoms with van der Waals surface area (Å²) in [7, 11) is 1.45. The van der Waals surface area contributed by atoms with Gasteiger partial charge in [0.25, 0.3) is 5.56 Å². The van der Waals surface area contributed by atoms with Crippen molar-refractivity contribution in [2.24, 2.45) is 0 Å². The number of carbonyl (C=O) groups is 1. The lowest BCUT2D eigenvalue weighted by molar-refractivity contribution is 0.130. The van der Waals surface area contributed by atoms with Gasteiger partial charge in [0, 0.05) is 24.7 Å². The molecular weight excluding hydrogens is 458 g/mol.